The second-order valence-electron chi connectivity index (χ2n) is 5.99. The van der Waals surface area contributed by atoms with Gasteiger partial charge in [0.2, 0.25) is 0 Å². The lowest BCUT2D eigenvalue weighted by atomic mass is 9.64. The Morgan fingerprint density at radius 2 is 2.20 bits per heavy atom. The molecule has 0 radical (unpaired) electrons. The highest BCUT2D eigenvalue weighted by Crippen LogP contribution is 2.42. The molecule has 1 aliphatic carbocycles. The predicted molar refractivity (Wildman–Crippen MR) is 83.9 cm³/mol. The van der Waals surface area contributed by atoms with Gasteiger partial charge < -0.3 is 10.1 Å². The third kappa shape index (κ3) is 2.91. The molecule has 1 fully saturated rings. The van der Waals surface area contributed by atoms with E-state index in [1.54, 1.807) is 0 Å². The number of amides is 1. The van der Waals surface area contributed by atoms with E-state index in [9.17, 15) is 4.79 Å². The molecular weight excluding hydrogens is 318 g/mol. The molecule has 1 aliphatic rings. The van der Waals surface area contributed by atoms with Crippen LogP contribution in [0.4, 0.5) is 0 Å². The van der Waals surface area contributed by atoms with Crippen LogP contribution >= 0.6 is 15.9 Å². The Balaban J connectivity index is 2.01. The lowest BCUT2D eigenvalue weighted by molar-refractivity contribution is -0.111. The molecule has 1 saturated carbocycles. The summed E-state index contributed by atoms with van der Waals surface area (Å²) in [6.45, 7) is 9.01. The minimum atomic E-state index is -0.00590. The Morgan fingerprint density at radius 3 is 2.75 bits per heavy atom. The quantitative estimate of drug-likeness (QED) is 0.908. The molecule has 0 heterocycles. The van der Waals surface area contributed by atoms with Gasteiger partial charge in [0.05, 0.1) is 6.10 Å². The van der Waals surface area contributed by atoms with E-state index in [0.29, 0.717) is 5.56 Å². The van der Waals surface area contributed by atoms with Crippen LogP contribution in [-0.4, -0.2) is 24.7 Å². The first kappa shape index (κ1) is 15.5. The van der Waals surface area contributed by atoms with Gasteiger partial charge in [-0.25, -0.2) is 0 Å². The number of aryl methyl sites for hydroxylation is 1. The largest absolute Gasteiger partial charge is 0.378 e. The van der Waals surface area contributed by atoms with Gasteiger partial charge in [-0.2, -0.15) is 0 Å². The van der Waals surface area contributed by atoms with Gasteiger partial charge in [-0.05, 0) is 44.0 Å². The number of ether oxygens (including phenoxy) is 1. The highest BCUT2D eigenvalue weighted by atomic mass is 79.9. The number of nitrogens with one attached hydrogen (secondary N) is 1. The summed E-state index contributed by atoms with van der Waals surface area (Å²) in [5, 5.41) is 3.12. The topological polar surface area (TPSA) is 38.3 Å². The van der Waals surface area contributed by atoms with Crippen molar-refractivity contribution in [2.45, 2.75) is 46.3 Å². The maximum atomic E-state index is 12.3. The summed E-state index contributed by atoms with van der Waals surface area (Å²) in [5.41, 5.74) is 1.77. The second-order valence-corrected chi connectivity index (χ2v) is 6.85. The third-order valence-electron chi connectivity index (χ3n) is 4.27. The van der Waals surface area contributed by atoms with E-state index in [-0.39, 0.29) is 23.5 Å². The Bertz CT molecular complexity index is 513. The van der Waals surface area contributed by atoms with Crippen LogP contribution in [0.25, 0.3) is 0 Å². The van der Waals surface area contributed by atoms with Crippen LogP contribution in [-0.2, 0) is 4.74 Å². The summed E-state index contributed by atoms with van der Waals surface area (Å²) in [4.78, 5) is 12.3. The summed E-state index contributed by atoms with van der Waals surface area (Å²) in [7, 11) is 0. The molecule has 4 heteroatoms. The molecule has 0 bridgehead atoms. The van der Waals surface area contributed by atoms with Gasteiger partial charge in [0, 0.05) is 28.1 Å². The lowest BCUT2D eigenvalue weighted by Gasteiger charge is -2.51. The van der Waals surface area contributed by atoms with E-state index in [1.165, 1.54) is 0 Å². The summed E-state index contributed by atoms with van der Waals surface area (Å²) in [6.07, 6.45) is 1.13. The monoisotopic (exact) mass is 339 g/mol. The highest BCUT2D eigenvalue weighted by Gasteiger charge is 2.49. The molecule has 0 aliphatic heterocycles. The number of hydrogen-bond acceptors (Lipinski definition) is 2. The summed E-state index contributed by atoms with van der Waals surface area (Å²) in [6, 6.07) is 5.85. The van der Waals surface area contributed by atoms with Crippen molar-refractivity contribution >= 4 is 21.8 Å². The number of rotatable bonds is 4. The van der Waals surface area contributed by atoms with Gasteiger partial charge in [-0.15, -0.1) is 0 Å². The average Bonchev–Trinajstić information content (AvgIpc) is 2.40. The van der Waals surface area contributed by atoms with Gasteiger partial charge in [0.15, 0.2) is 0 Å². The zero-order valence-electron chi connectivity index (χ0n) is 12.5. The first-order valence-corrected chi connectivity index (χ1v) is 7.84. The maximum Gasteiger partial charge on any atom is 0.251 e. The number of carbonyl (C=O) groups is 1. The van der Waals surface area contributed by atoms with Crippen molar-refractivity contribution in [1.82, 2.24) is 5.32 Å². The number of benzene rings is 1. The van der Waals surface area contributed by atoms with Gasteiger partial charge in [-0.3, -0.25) is 4.79 Å². The molecule has 1 aromatic rings. The predicted octanol–water partition coefficient (Wildman–Crippen LogP) is 3.69. The molecule has 0 spiro atoms. The van der Waals surface area contributed by atoms with Crippen LogP contribution in [0.1, 0.15) is 43.1 Å². The van der Waals surface area contributed by atoms with Crippen LogP contribution in [0.3, 0.4) is 0 Å². The van der Waals surface area contributed by atoms with Gasteiger partial charge in [0.25, 0.3) is 5.91 Å². The maximum absolute atomic E-state index is 12.3. The van der Waals surface area contributed by atoms with Crippen molar-refractivity contribution in [2.75, 3.05) is 6.61 Å². The Morgan fingerprint density at radius 1 is 1.50 bits per heavy atom. The van der Waals surface area contributed by atoms with E-state index < -0.39 is 0 Å². The Hall–Kier alpha value is -0.870. The van der Waals surface area contributed by atoms with Gasteiger partial charge in [0.1, 0.15) is 0 Å². The molecule has 0 saturated heterocycles. The van der Waals surface area contributed by atoms with E-state index in [1.807, 2.05) is 32.0 Å². The van der Waals surface area contributed by atoms with Crippen LogP contribution < -0.4 is 5.32 Å². The fourth-order valence-corrected chi connectivity index (χ4v) is 2.89. The summed E-state index contributed by atoms with van der Waals surface area (Å²) in [5.74, 6) is -0.00590. The SMILES string of the molecule is CCOC1CC(NC(=O)c2ccc(Br)c(C)c2)C1(C)C. The lowest BCUT2D eigenvalue weighted by Crippen LogP contribution is -2.62. The summed E-state index contributed by atoms with van der Waals surface area (Å²) < 4.78 is 6.71. The Kier molecular flexibility index (Phi) is 4.55. The van der Waals surface area contributed by atoms with E-state index >= 15 is 0 Å². The van der Waals surface area contributed by atoms with Crippen molar-refractivity contribution in [3.05, 3.63) is 33.8 Å². The Labute approximate surface area is 129 Å². The van der Waals surface area contributed by atoms with Crippen molar-refractivity contribution in [3.63, 3.8) is 0 Å². The smallest absolute Gasteiger partial charge is 0.251 e. The highest BCUT2D eigenvalue weighted by molar-refractivity contribution is 9.10. The normalized spacial score (nSPS) is 24.1. The molecule has 2 atom stereocenters. The minimum absolute atomic E-state index is 0.00389. The number of halogens is 1. The number of carbonyl (C=O) groups excluding carboxylic acids is 1. The van der Waals surface area contributed by atoms with Crippen molar-refractivity contribution < 1.29 is 9.53 Å². The first-order chi connectivity index (χ1) is 9.36. The van der Waals surface area contributed by atoms with Gasteiger partial charge in [-0.1, -0.05) is 29.8 Å². The molecule has 2 unspecified atom stereocenters. The summed E-state index contributed by atoms with van der Waals surface area (Å²) >= 11 is 3.45. The zero-order chi connectivity index (χ0) is 14.9. The molecule has 3 nitrogen and oxygen atoms in total. The zero-order valence-corrected chi connectivity index (χ0v) is 14.1. The first-order valence-electron chi connectivity index (χ1n) is 7.05. The molecule has 1 N–H and O–H groups in total. The molecule has 20 heavy (non-hydrogen) atoms. The molecule has 2 rings (SSSR count). The fourth-order valence-electron chi connectivity index (χ4n) is 2.64. The standard InChI is InChI=1S/C16H22BrNO2/c1-5-20-14-9-13(16(14,3)4)18-15(19)11-6-7-12(17)10(2)8-11/h6-8,13-14H,5,9H2,1-4H3,(H,18,19). The molecular formula is C16H22BrNO2. The molecule has 0 aromatic heterocycles. The van der Waals surface area contributed by atoms with Crippen molar-refractivity contribution in [1.29, 1.82) is 0 Å². The molecule has 1 aromatic carbocycles. The minimum Gasteiger partial charge on any atom is -0.378 e. The van der Waals surface area contributed by atoms with E-state index in [0.717, 1.165) is 23.1 Å². The van der Waals surface area contributed by atoms with Crippen molar-refractivity contribution in [3.8, 4) is 0 Å². The average molecular weight is 340 g/mol. The number of hydrogen-bond donors (Lipinski definition) is 1. The van der Waals surface area contributed by atoms with Crippen LogP contribution in [0.2, 0.25) is 0 Å². The van der Waals surface area contributed by atoms with E-state index in [2.05, 4.69) is 35.1 Å². The molecule has 110 valence electrons. The molecule has 1 amide bonds. The van der Waals surface area contributed by atoms with Gasteiger partial charge >= 0.3 is 0 Å². The van der Waals surface area contributed by atoms with Crippen LogP contribution in [0, 0.1) is 12.3 Å². The van der Waals surface area contributed by atoms with E-state index in [4.69, 9.17) is 4.74 Å². The fraction of sp³-hybridized carbons (Fsp3) is 0.562. The second kappa shape index (κ2) is 5.86. The van der Waals surface area contributed by atoms with Crippen LogP contribution in [0.15, 0.2) is 22.7 Å². The third-order valence-corrected chi connectivity index (χ3v) is 5.16. The van der Waals surface area contributed by atoms with Crippen LogP contribution in [0.5, 0.6) is 0 Å². The van der Waals surface area contributed by atoms with Crippen molar-refractivity contribution in [2.24, 2.45) is 5.41 Å².